The number of aliphatic hydroxyl groups excluding tert-OH is 7. The second-order valence-electron chi connectivity index (χ2n) is 13.2. The summed E-state index contributed by atoms with van der Waals surface area (Å²) in [7, 11) is -5.16. The van der Waals surface area contributed by atoms with Crippen molar-refractivity contribution in [2.45, 2.75) is 165 Å². The molecule has 1 amide bonds. The van der Waals surface area contributed by atoms with E-state index in [2.05, 4.69) is 43.5 Å². The van der Waals surface area contributed by atoms with Crippen molar-refractivity contribution in [2.75, 3.05) is 6.61 Å². The summed E-state index contributed by atoms with van der Waals surface area (Å²) in [6, 6.07) is -1.29. The Labute approximate surface area is 310 Å². The zero-order chi connectivity index (χ0) is 38.8. The van der Waals surface area contributed by atoms with Crippen molar-refractivity contribution < 1.29 is 59.0 Å². The topological polar surface area (TPSA) is 226 Å². The predicted molar refractivity (Wildman–Crippen MR) is 201 cm³/mol. The van der Waals surface area contributed by atoms with Crippen molar-refractivity contribution in [1.82, 2.24) is 5.32 Å². The van der Waals surface area contributed by atoms with Crippen molar-refractivity contribution in [3.8, 4) is 0 Å². The number of carbonyl (C=O) groups excluding carboxylic acids is 1. The molecule has 0 saturated heterocycles. The van der Waals surface area contributed by atoms with Crippen LogP contribution in [-0.2, 0) is 18.4 Å². The molecule has 0 heterocycles. The Morgan fingerprint density at radius 1 is 0.673 bits per heavy atom. The lowest BCUT2D eigenvalue weighted by atomic mass is 9.85. The number of aliphatic hydroxyl groups is 7. The van der Waals surface area contributed by atoms with Crippen LogP contribution in [0.5, 0.6) is 0 Å². The molecule has 1 rings (SSSR count). The smallest absolute Gasteiger partial charge is 0.389 e. The van der Waals surface area contributed by atoms with Gasteiger partial charge in [-0.05, 0) is 51.4 Å². The lowest BCUT2D eigenvalue weighted by Crippen LogP contribution is -2.64. The molecule has 0 aromatic heterocycles. The first-order chi connectivity index (χ1) is 24.8. The van der Waals surface area contributed by atoms with Crippen molar-refractivity contribution in [1.29, 1.82) is 0 Å². The Kier molecular flexibility index (Phi) is 26.3. The normalized spacial score (nSPS) is 25.8. The van der Waals surface area contributed by atoms with Gasteiger partial charge in [-0.1, -0.05) is 113 Å². The number of allylic oxidation sites excluding steroid dienone is 8. The van der Waals surface area contributed by atoms with E-state index in [-0.39, 0.29) is 6.42 Å². The molecule has 0 bridgehead atoms. The van der Waals surface area contributed by atoms with Crippen LogP contribution in [0.1, 0.15) is 110 Å². The Balaban J connectivity index is 2.77. The number of rotatable bonds is 28. The molecule has 52 heavy (non-hydrogen) atoms. The van der Waals surface area contributed by atoms with Crippen LogP contribution >= 0.6 is 7.82 Å². The monoisotopic (exact) mass is 759 g/mol. The molecule has 0 spiro atoms. The van der Waals surface area contributed by atoms with Crippen LogP contribution in [-0.4, -0.2) is 108 Å². The summed E-state index contributed by atoms with van der Waals surface area (Å²) in [5.74, 6) is -0.681. The minimum absolute atomic E-state index is 0.366. The van der Waals surface area contributed by atoms with Gasteiger partial charge in [0.05, 0.1) is 31.3 Å². The Hall–Kier alpha value is -2.00. The van der Waals surface area contributed by atoms with Gasteiger partial charge in [0.1, 0.15) is 36.6 Å². The number of hydrogen-bond acceptors (Lipinski definition) is 11. The quantitative estimate of drug-likeness (QED) is 0.0311. The maximum Gasteiger partial charge on any atom is 0.472 e. The van der Waals surface area contributed by atoms with E-state index in [1.54, 1.807) is 12.2 Å². The van der Waals surface area contributed by atoms with E-state index in [1.165, 1.54) is 44.3 Å². The van der Waals surface area contributed by atoms with Gasteiger partial charge >= 0.3 is 7.82 Å². The average Bonchev–Trinajstić information content (AvgIpc) is 3.11. The number of hydrogen-bond donors (Lipinski definition) is 9. The standard InChI is InChI=1S/C38H66NO12P/c1-3-5-7-9-11-13-15-17-19-21-23-25-29(40)27-32(42)39-30(31(41)26-24-22-20-18-16-14-12-10-8-6-4-2)28-50-52(48,49)51-38-36(46)34(44)33(43)35(45)37(38)47/h8,10,16-19,23-26,29-31,33-38,40-41,43-47H,3-7,9,11-15,20-22,27-28H2,1-2H3,(H,39,42)(H,48,49)/b10-8+,18-16+,19-17-,25-23-,26-24+. The highest BCUT2D eigenvalue weighted by Crippen LogP contribution is 2.47. The molecule has 0 aromatic rings. The van der Waals surface area contributed by atoms with Gasteiger partial charge in [-0.25, -0.2) is 4.57 Å². The lowest BCUT2D eigenvalue weighted by Gasteiger charge is -2.41. The third-order valence-electron chi connectivity index (χ3n) is 8.54. The van der Waals surface area contributed by atoms with Crippen molar-refractivity contribution >= 4 is 13.7 Å². The van der Waals surface area contributed by atoms with Gasteiger partial charge in [-0.2, -0.15) is 0 Å². The van der Waals surface area contributed by atoms with E-state index in [1.807, 2.05) is 12.2 Å². The molecule has 1 aliphatic rings. The number of phosphoric ester groups is 1. The number of phosphoric acid groups is 1. The summed E-state index contributed by atoms with van der Waals surface area (Å²) >= 11 is 0. The van der Waals surface area contributed by atoms with Crippen molar-refractivity contribution in [2.24, 2.45) is 0 Å². The largest absolute Gasteiger partial charge is 0.472 e. The predicted octanol–water partition coefficient (Wildman–Crippen LogP) is 4.19. The molecule has 9 N–H and O–H groups in total. The van der Waals surface area contributed by atoms with Crippen LogP contribution in [0.2, 0.25) is 0 Å². The molecule has 8 unspecified atom stereocenters. The lowest BCUT2D eigenvalue weighted by molar-refractivity contribution is -0.220. The van der Waals surface area contributed by atoms with E-state index >= 15 is 0 Å². The summed E-state index contributed by atoms with van der Waals surface area (Å²) in [5.41, 5.74) is 0. The molecule has 14 heteroatoms. The molecule has 0 aromatic carbocycles. The first kappa shape index (κ1) is 48.0. The molecule has 13 nitrogen and oxygen atoms in total. The van der Waals surface area contributed by atoms with Gasteiger partial charge in [0, 0.05) is 0 Å². The van der Waals surface area contributed by atoms with Crippen LogP contribution < -0.4 is 5.32 Å². The summed E-state index contributed by atoms with van der Waals surface area (Å²) in [6.07, 6.45) is 18.0. The highest BCUT2D eigenvalue weighted by atomic mass is 31.2. The second kappa shape index (κ2) is 28.4. The van der Waals surface area contributed by atoms with E-state index in [9.17, 15) is 50.0 Å². The minimum atomic E-state index is -5.16. The highest BCUT2D eigenvalue weighted by molar-refractivity contribution is 7.47. The van der Waals surface area contributed by atoms with Crippen molar-refractivity contribution in [3.63, 3.8) is 0 Å². The van der Waals surface area contributed by atoms with Gasteiger partial charge in [0.25, 0.3) is 0 Å². The maximum absolute atomic E-state index is 12.8. The third kappa shape index (κ3) is 21.0. The number of amides is 1. The van der Waals surface area contributed by atoms with Gasteiger partial charge in [-0.3, -0.25) is 13.8 Å². The molecule has 8 atom stereocenters. The first-order valence-electron chi connectivity index (χ1n) is 18.8. The number of unbranched alkanes of at least 4 members (excludes halogenated alkanes) is 9. The molecule has 0 aliphatic heterocycles. The van der Waals surface area contributed by atoms with Crippen LogP contribution in [0.3, 0.4) is 0 Å². The van der Waals surface area contributed by atoms with Crippen LogP contribution in [0, 0.1) is 0 Å². The molecule has 1 aliphatic carbocycles. The highest BCUT2D eigenvalue weighted by Gasteiger charge is 2.51. The van der Waals surface area contributed by atoms with E-state index in [0.29, 0.717) is 19.3 Å². The number of nitrogens with one attached hydrogen (secondary N) is 1. The fourth-order valence-corrected chi connectivity index (χ4v) is 6.36. The Bertz CT molecular complexity index is 1130. The summed E-state index contributed by atoms with van der Waals surface area (Å²) < 4.78 is 22.6. The Morgan fingerprint density at radius 3 is 1.83 bits per heavy atom. The van der Waals surface area contributed by atoms with Gasteiger partial charge in [-0.15, -0.1) is 0 Å². The molecular weight excluding hydrogens is 693 g/mol. The van der Waals surface area contributed by atoms with E-state index in [0.717, 1.165) is 38.5 Å². The SMILES string of the molecule is CCC/C=C/CC/C=C/CC/C=C/C(O)C(COP(=O)(O)OC1C(O)C(O)C(O)C(O)C1O)NC(=O)CC(O)/C=C\C/C=C\CCCCCCCC. The molecule has 300 valence electrons. The number of carbonyl (C=O) groups is 1. The first-order valence-corrected chi connectivity index (χ1v) is 20.3. The van der Waals surface area contributed by atoms with Gasteiger partial charge in [0.2, 0.25) is 5.91 Å². The second-order valence-corrected chi connectivity index (χ2v) is 14.6. The molecular formula is C38H66NO12P. The fraction of sp³-hybridized carbons (Fsp3) is 0.711. The zero-order valence-electron chi connectivity index (χ0n) is 30.9. The average molecular weight is 760 g/mol. The summed E-state index contributed by atoms with van der Waals surface area (Å²) in [6.45, 7) is 3.54. The van der Waals surface area contributed by atoms with Crippen molar-refractivity contribution in [3.05, 3.63) is 60.8 Å². The fourth-order valence-electron chi connectivity index (χ4n) is 5.39. The summed E-state index contributed by atoms with van der Waals surface area (Å²) in [4.78, 5) is 23.2. The minimum Gasteiger partial charge on any atom is -0.389 e. The third-order valence-corrected chi connectivity index (χ3v) is 9.53. The Morgan fingerprint density at radius 2 is 1.21 bits per heavy atom. The van der Waals surface area contributed by atoms with Crippen LogP contribution in [0.15, 0.2) is 60.8 Å². The van der Waals surface area contributed by atoms with Crippen LogP contribution in [0.25, 0.3) is 0 Å². The molecule has 1 saturated carbocycles. The maximum atomic E-state index is 12.8. The van der Waals surface area contributed by atoms with Gasteiger partial charge < -0.3 is 46.0 Å². The van der Waals surface area contributed by atoms with Gasteiger partial charge in [0.15, 0.2) is 0 Å². The van der Waals surface area contributed by atoms with Crippen LogP contribution in [0.4, 0.5) is 0 Å². The molecule has 0 radical (unpaired) electrons. The van der Waals surface area contributed by atoms with E-state index in [4.69, 9.17) is 9.05 Å². The molecule has 1 fully saturated rings. The van der Waals surface area contributed by atoms with E-state index < -0.39 is 75.2 Å². The summed E-state index contributed by atoms with van der Waals surface area (Å²) in [5, 5.41) is 73.7. The zero-order valence-corrected chi connectivity index (χ0v) is 31.8.